The molecule has 4 rings (SSSR count). The van der Waals surface area contributed by atoms with Crippen LogP contribution in [0.5, 0.6) is 0 Å². The van der Waals surface area contributed by atoms with Crippen molar-refractivity contribution < 1.29 is 23.5 Å². The van der Waals surface area contributed by atoms with E-state index in [4.69, 9.17) is 13.9 Å². The molecule has 200 valence electrons. The molecular formula is C29H34N4O5. The van der Waals surface area contributed by atoms with Gasteiger partial charge in [-0.2, -0.15) is 0 Å². The number of hydrogen-bond acceptors (Lipinski definition) is 8. The standard InChI is InChI=1S/C29H34N4O5/c34-27(38-28(35)32-15-8-17-33-18-21-36-22-19-33)29(26-31-16-20-37-26,25-11-4-1-5-12-25)13-6-2-3-9-24-10-7-14-30-23-24/h1,3-5,7,9-12,14,16,20,23H,2,6,8,13,15,17-19,21-22H2,(H,32,35). The Balaban J connectivity index is 1.42. The van der Waals surface area contributed by atoms with Gasteiger partial charge in [-0.1, -0.05) is 48.6 Å². The Labute approximate surface area is 222 Å². The molecule has 9 heteroatoms. The highest BCUT2D eigenvalue weighted by Crippen LogP contribution is 2.38. The zero-order valence-electron chi connectivity index (χ0n) is 21.5. The minimum absolute atomic E-state index is 0.199. The maximum Gasteiger partial charge on any atom is 0.414 e. The lowest BCUT2D eigenvalue weighted by Gasteiger charge is -2.28. The summed E-state index contributed by atoms with van der Waals surface area (Å²) in [4.78, 5) is 37.1. The number of nitrogens with one attached hydrogen (secondary N) is 1. The number of alkyl carbamates (subject to hydrolysis) is 1. The molecule has 38 heavy (non-hydrogen) atoms. The summed E-state index contributed by atoms with van der Waals surface area (Å²) in [6.07, 6.45) is 12.1. The molecule has 1 N–H and O–H groups in total. The number of benzene rings is 1. The zero-order valence-corrected chi connectivity index (χ0v) is 21.5. The number of hydrogen-bond donors (Lipinski definition) is 1. The molecule has 0 radical (unpaired) electrons. The number of carbonyl (C=O) groups excluding carboxylic acids is 2. The summed E-state index contributed by atoms with van der Waals surface area (Å²) < 4.78 is 16.4. The van der Waals surface area contributed by atoms with Crippen molar-refractivity contribution in [2.75, 3.05) is 39.4 Å². The molecule has 2 aromatic heterocycles. The van der Waals surface area contributed by atoms with Crippen molar-refractivity contribution in [1.29, 1.82) is 0 Å². The third kappa shape index (κ3) is 7.36. The number of esters is 1. The maximum absolute atomic E-state index is 13.7. The summed E-state index contributed by atoms with van der Waals surface area (Å²) in [5, 5.41) is 2.71. The van der Waals surface area contributed by atoms with E-state index in [2.05, 4.69) is 20.2 Å². The van der Waals surface area contributed by atoms with Crippen LogP contribution in [0.25, 0.3) is 6.08 Å². The summed E-state index contributed by atoms with van der Waals surface area (Å²) in [7, 11) is 0. The Morgan fingerprint density at radius 3 is 2.66 bits per heavy atom. The number of morpholine rings is 1. The van der Waals surface area contributed by atoms with Crippen molar-refractivity contribution in [3.8, 4) is 0 Å². The minimum Gasteiger partial charge on any atom is -0.447 e. The van der Waals surface area contributed by atoms with E-state index in [1.807, 2.05) is 54.6 Å². The molecule has 0 spiro atoms. The van der Waals surface area contributed by atoms with Crippen molar-refractivity contribution >= 4 is 18.1 Å². The van der Waals surface area contributed by atoms with Crippen LogP contribution >= 0.6 is 0 Å². The van der Waals surface area contributed by atoms with Crippen molar-refractivity contribution in [1.82, 2.24) is 20.2 Å². The Morgan fingerprint density at radius 2 is 1.92 bits per heavy atom. The van der Waals surface area contributed by atoms with Gasteiger partial charge in [0.2, 0.25) is 5.89 Å². The number of aromatic nitrogens is 2. The van der Waals surface area contributed by atoms with Crippen LogP contribution in [0.3, 0.4) is 0 Å². The van der Waals surface area contributed by atoms with E-state index in [1.54, 1.807) is 12.4 Å². The molecule has 1 unspecified atom stereocenters. The summed E-state index contributed by atoms with van der Waals surface area (Å²) in [5.74, 6) is -0.516. The summed E-state index contributed by atoms with van der Waals surface area (Å²) in [6.45, 7) is 4.47. The smallest absolute Gasteiger partial charge is 0.414 e. The van der Waals surface area contributed by atoms with Gasteiger partial charge in [0.15, 0.2) is 5.41 Å². The predicted octanol–water partition coefficient (Wildman–Crippen LogP) is 4.21. The van der Waals surface area contributed by atoms with Crippen LogP contribution < -0.4 is 5.32 Å². The van der Waals surface area contributed by atoms with E-state index in [-0.39, 0.29) is 5.89 Å². The van der Waals surface area contributed by atoms with Gasteiger partial charge < -0.3 is 19.2 Å². The van der Waals surface area contributed by atoms with E-state index in [0.717, 1.165) is 44.8 Å². The van der Waals surface area contributed by atoms with Gasteiger partial charge in [0, 0.05) is 32.0 Å². The van der Waals surface area contributed by atoms with E-state index in [9.17, 15) is 9.59 Å². The molecule has 1 fully saturated rings. The number of ether oxygens (including phenoxy) is 2. The predicted molar refractivity (Wildman–Crippen MR) is 142 cm³/mol. The molecule has 3 aromatic rings. The Bertz CT molecular complexity index is 1150. The lowest BCUT2D eigenvalue weighted by molar-refractivity contribution is -0.143. The average molecular weight is 519 g/mol. The topological polar surface area (TPSA) is 107 Å². The number of unbranched alkanes of at least 4 members (excludes halogenated alkanes) is 1. The molecule has 3 heterocycles. The molecule has 1 atom stereocenters. The van der Waals surface area contributed by atoms with Gasteiger partial charge in [0.1, 0.15) is 6.26 Å². The van der Waals surface area contributed by atoms with Gasteiger partial charge >= 0.3 is 12.1 Å². The largest absolute Gasteiger partial charge is 0.447 e. The molecule has 0 bridgehead atoms. The van der Waals surface area contributed by atoms with Gasteiger partial charge in [-0.3, -0.25) is 9.88 Å². The lowest BCUT2D eigenvalue weighted by atomic mass is 9.76. The third-order valence-corrected chi connectivity index (χ3v) is 6.54. The van der Waals surface area contributed by atoms with Crippen molar-refractivity contribution in [3.63, 3.8) is 0 Å². The maximum atomic E-state index is 13.7. The summed E-state index contributed by atoms with van der Waals surface area (Å²) >= 11 is 0. The molecule has 1 aliphatic heterocycles. The number of allylic oxidation sites excluding steroid dienone is 1. The fourth-order valence-electron chi connectivity index (χ4n) is 4.54. The first-order valence-corrected chi connectivity index (χ1v) is 13.0. The fraction of sp³-hybridized carbons (Fsp3) is 0.379. The highest BCUT2D eigenvalue weighted by molar-refractivity contribution is 5.93. The van der Waals surface area contributed by atoms with Crippen LogP contribution in [0.4, 0.5) is 4.79 Å². The number of oxazole rings is 1. The Morgan fingerprint density at radius 1 is 1.08 bits per heavy atom. The van der Waals surface area contributed by atoms with Crippen molar-refractivity contribution in [2.45, 2.75) is 31.1 Å². The van der Waals surface area contributed by atoms with Crippen LogP contribution in [-0.2, 0) is 19.7 Å². The van der Waals surface area contributed by atoms with E-state index >= 15 is 0 Å². The second-order valence-electron chi connectivity index (χ2n) is 9.10. The lowest BCUT2D eigenvalue weighted by Crippen LogP contribution is -2.42. The van der Waals surface area contributed by atoms with Gasteiger partial charge in [-0.15, -0.1) is 0 Å². The Kier molecular flexibility index (Phi) is 10.2. The molecular weight excluding hydrogens is 484 g/mol. The zero-order chi connectivity index (χ0) is 26.5. The summed E-state index contributed by atoms with van der Waals surface area (Å²) in [6, 6.07) is 13.1. The van der Waals surface area contributed by atoms with Gasteiger partial charge in [-0.25, -0.2) is 14.6 Å². The second kappa shape index (κ2) is 14.2. The molecule has 0 aliphatic carbocycles. The van der Waals surface area contributed by atoms with Crippen LogP contribution in [0.2, 0.25) is 0 Å². The molecule has 0 saturated carbocycles. The van der Waals surface area contributed by atoms with Gasteiger partial charge in [-0.05, 0) is 49.4 Å². The molecule has 9 nitrogen and oxygen atoms in total. The highest BCUT2D eigenvalue weighted by Gasteiger charge is 2.48. The number of nitrogens with zero attached hydrogens (tertiary/aromatic N) is 3. The number of pyridine rings is 1. The monoisotopic (exact) mass is 518 g/mol. The van der Waals surface area contributed by atoms with Gasteiger partial charge in [0.05, 0.1) is 19.4 Å². The average Bonchev–Trinajstić information content (AvgIpc) is 3.50. The van der Waals surface area contributed by atoms with Crippen LogP contribution in [-0.4, -0.2) is 66.3 Å². The highest BCUT2D eigenvalue weighted by atomic mass is 16.6. The molecule has 1 aliphatic rings. The van der Waals surface area contributed by atoms with E-state index < -0.39 is 17.5 Å². The summed E-state index contributed by atoms with van der Waals surface area (Å²) in [5.41, 5.74) is 0.293. The second-order valence-corrected chi connectivity index (χ2v) is 9.10. The first-order chi connectivity index (χ1) is 18.7. The Hall–Kier alpha value is -3.82. The molecule has 1 saturated heterocycles. The van der Waals surface area contributed by atoms with Gasteiger partial charge in [0.25, 0.3) is 0 Å². The molecule has 1 amide bonds. The van der Waals surface area contributed by atoms with Crippen molar-refractivity contribution in [3.05, 3.63) is 90.4 Å². The first kappa shape index (κ1) is 27.2. The minimum atomic E-state index is -1.36. The first-order valence-electron chi connectivity index (χ1n) is 13.0. The van der Waals surface area contributed by atoms with E-state index in [1.165, 1.54) is 12.5 Å². The van der Waals surface area contributed by atoms with Crippen LogP contribution in [0.15, 0.2) is 77.8 Å². The SMILES string of the molecule is O=C(NCCCN1CCOCC1)OC(=O)C(CCCC=Cc1cccnc1)(c1ccccc1)c1ncco1. The number of amides is 1. The third-order valence-electron chi connectivity index (χ3n) is 6.54. The van der Waals surface area contributed by atoms with Crippen LogP contribution in [0, 0.1) is 0 Å². The molecule has 1 aromatic carbocycles. The normalized spacial score (nSPS) is 15.7. The number of rotatable bonds is 12. The fourth-order valence-corrected chi connectivity index (χ4v) is 4.54. The van der Waals surface area contributed by atoms with Crippen molar-refractivity contribution in [2.24, 2.45) is 0 Å². The van der Waals surface area contributed by atoms with E-state index in [0.29, 0.717) is 31.4 Å². The van der Waals surface area contributed by atoms with Crippen LogP contribution in [0.1, 0.15) is 42.7 Å². The quantitative estimate of drug-likeness (QED) is 0.216. The number of carbonyl (C=O) groups is 2.